The summed E-state index contributed by atoms with van der Waals surface area (Å²) in [6.45, 7) is 7.17. The zero-order valence-corrected chi connectivity index (χ0v) is 10.8. The molecule has 0 unspecified atom stereocenters. The van der Waals surface area contributed by atoms with Crippen LogP contribution in [-0.4, -0.2) is 15.2 Å². The minimum Gasteiger partial charge on any atom is -0.234 e. The molecule has 0 aliphatic heterocycles. The van der Waals surface area contributed by atoms with E-state index in [1.54, 1.807) is 25.1 Å². The molecule has 0 fully saturated rings. The molecule has 88 valence electrons. The van der Waals surface area contributed by atoms with Crippen LogP contribution in [0, 0.1) is 12.7 Å². The topological polar surface area (TPSA) is 29.4 Å². The second kappa shape index (κ2) is 4.87. The largest absolute Gasteiger partial charge is 0.234 e. The Kier molecular flexibility index (Phi) is 3.97. The minimum atomic E-state index is -1.35. The summed E-state index contributed by atoms with van der Waals surface area (Å²) in [6.07, 6.45) is 1.34. The number of benzene rings is 1. The summed E-state index contributed by atoms with van der Waals surface area (Å²) in [6, 6.07) is 5.05. The molecule has 0 saturated heterocycles. The fourth-order valence-electron chi connectivity index (χ4n) is 1.03. The zero-order chi connectivity index (χ0) is 12.3. The van der Waals surface area contributed by atoms with Gasteiger partial charge in [0, 0.05) is 11.8 Å². The lowest BCUT2D eigenvalue weighted by atomic mass is 10.1. The highest BCUT2D eigenvalue weighted by Gasteiger charge is 2.18. The smallest absolute Gasteiger partial charge is 0.144 e. The number of halogens is 1. The van der Waals surface area contributed by atoms with Crippen molar-refractivity contribution in [1.82, 2.24) is 0 Å². The van der Waals surface area contributed by atoms with Gasteiger partial charge in [-0.1, -0.05) is 18.2 Å². The van der Waals surface area contributed by atoms with E-state index in [0.717, 1.165) is 0 Å². The molecule has 0 aliphatic rings. The Morgan fingerprint density at radius 2 is 2.00 bits per heavy atom. The molecule has 0 radical (unpaired) electrons. The first kappa shape index (κ1) is 13.0. The summed E-state index contributed by atoms with van der Waals surface area (Å²) in [5.41, 5.74) is 0.933. The van der Waals surface area contributed by atoms with Gasteiger partial charge in [-0.05, 0) is 33.3 Å². The Bertz CT molecular complexity index is 435. The van der Waals surface area contributed by atoms with E-state index >= 15 is 0 Å². The van der Waals surface area contributed by atoms with Crippen LogP contribution >= 0.6 is 0 Å². The van der Waals surface area contributed by atoms with Crippen molar-refractivity contribution in [2.45, 2.75) is 32.4 Å². The number of hydrogen-bond acceptors (Lipinski definition) is 1. The molecule has 4 heteroatoms. The Morgan fingerprint density at radius 3 is 2.56 bits per heavy atom. The van der Waals surface area contributed by atoms with Crippen LogP contribution in [0.1, 0.15) is 31.9 Å². The average Bonchev–Trinajstić information content (AvgIpc) is 2.18. The average molecular weight is 241 g/mol. The number of nitrogens with zero attached hydrogens (tertiary/aromatic N) is 1. The third kappa shape index (κ3) is 3.23. The van der Waals surface area contributed by atoms with E-state index in [4.69, 9.17) is 0 Å². The number of aryl methyl sites for hydroxylation is 1. The van der Waals surface area contributed by atoms with Crippen molar-refractivity contribution >= 4 is 17.2 Å². The highest BCUT2D eigenvalue weighted by atomic mass is 32.2. The Balaban J connectivity index is 2.94. The van der Waals surface area contributed by atoms with Gasteiger partial charge in [0.05, 0.1) is 4.75 Å². The van der Waals surface area contributed by atoms with E-state index < -0.39 is 15.7 Å². The van der Waals surface area contributed by atoms with Crippen LogP contribution in [0.5, 0.6) is 0 Å². The van der Waals surface area contributed by atoms with Gasteiger partial charge in [0.2, 0.25) is 0 Å². The fourth-order valence-corrected chi connectivity index (χ4v) is 1.56. The summed E-state index contributed by atoms with van der Waals surface area (Å²) in [5.74, 6) is -0.308. The van der Waals surface area contributed by atoms with Gasteiger partial charge in [0.1, 0.15) is 16.8 Å². The Hall–Kier alpha value is -1.03. The van der Waals surface area contributed by atoms with Crippen LogP contribution in [0.2, 0.25) is 0 Å². The summed E-state index contributed by atoms with van der Waals surface area (Å²) >= 11 is 0. The van der Waals surface area contributed by atoms with Gasteiger partial charge in [-0.3, -0.25) is 0 Å². The number of hydrogen-bond donors (Lipinski definition) is 0. The summed E-state index contributed by atoms with van der Waals surface area (Å²) in [5, 5.41) is 0. The maximum Gasteiger partial charge on any atom is 0.144 e. The van der Waals surface area contributed by atoms with Crippen LogP contribution < -0.4 is 0 Å². The third-order valence-electron chi connectivity index (χ3n) is 2.03. The first-order valence-electron chi connectivity index (χ1n) is 5.03. The maximum absolute atomic E-state index is 13.6. The highest BCUT2D eigenvalue weighted by Crippen LogP contribution is 2.14. The van der Waals surface area contributed by atoms with Crippen molar-refractivity contribution in [3.63, 3.8) is 0 Å². The molecule has 0 aliphatic carbocycles. The summed E-state index contributed by atoms with van der Waals surface area (Å²) < 4.78 is 28.6. The molecule has 1 aromatic carbocycles. The van der Waals surface area contributed by atoms with Crippen LogP contribution in [0.3, 0.4) is 0 Å². The van der Waals surface area contributed by atoms with E-state index in [0.29, 0.717) is 11.1 Å². The summed E-state index contributed by atoms with van der Waals surface area (Å²) in [7, 11) is -1.35. The van der Waals surface area contributed by atoms with Gasteiger partial charge in [0.25, 0.3) is 0 Å². The lowest BCUT2D eigenvalue weighted by molar-refractivity contribution is 0.616. The molecule has 16 heavy (non-hydrogen) atoms. The van der Waals surface area contributed by atoms with Crippen LogP contribution in [-0.2, 0) is 11.0 Å². The van der Waals surface area contributed by atoms with E-state index in [-0.39, 0.29) is 5.82 Å². The van der Waals surface area contributed by atoms with Crippen molar-refractivity contribution in [3.8, 4) is 0 Å². The zero-order valence-electron chi connectivity index (χ0n) is 9.95. The van der Waals surface area contributed by atoms with Gasteiger partial charge in [-0.15, -0.1) is 0 Å². The predicted octanol–water partition coefficient (Wildman–Crippen LogP) is 3.02. The standard InChI is InChI=1S/C12H16FNOS/c1-9-6-5-7-10(11(9)13)8-14-16(15)12(2,3)4/h5-8H,1-4H3/t16-/m0/s1. The van der Waals surface area contributed by atoms with Gasteiger partial charge in [0.15, 0.2) is 0 Å². The molecule has 0 saturated carbocycles. The van der Waals surface area contributed by atoms with Crippen LogP contribution in [0.15, 0.2) is 22.6 Å². The molecule has 2 nitrogen and oxygen atoms in total. The molecule has 0 bridgehead atoms. The van der Waals surface area contributed by atoms with E-state index in [9.17, 15) is 8.60 Å². The highest BCUT2D eigenvalue weighted by molar-refractivity contribution is 7.85. The third-order valence-corrected chi connectivity index (χ3v) is 3.38. The second-order valence-electron chi connectivity index (χ2n) is 4.57. The lowest BCUT2D eigenvalue weighted by Gasteiger charge is -2.12. The van der Waals surface area contributed by atoms with Gasteiger partial charge >= 0.3 is 0 Å². The van der Waals surface area contributed by atoms with Crippen molar-refractivity contribution in [2.24, 2.45) is 4.40 Å². The minimum absolute atomic E-state index is 0.308. The lowest BCUT2D eigenvalue weighted by Crippen LogP contribution is -2.19. The number of rotatable bonds is 2. The maximum atomic E-state index is 13.6. The second-order valence-corrected chi connectivity index (χ2v) is 6.51. The van der Waals surface area contributed by atoms with Crippen LogP contribution in [0.25, 0.3) is 0 Å². The van der Waals surface area contributed by atoms with Crippen molar-refractivity contribution in [3.05, 3.63) is 35.1 Å². The Labute approximate surface area is 98.2 Å². The quantitative estimate of drug-likeness (QED) is 0.732. The molecule has 1 aromatic rings. The van der Waals surface area contributed by atoms with Crippen LogP contribution in [0.4, 0.5) is 4.39 Å². The van der Waals surface area contributed by atoms with Crippen molar-refractivity contribution in [1.29, 1.82) is 0 Å². The molecule has 1 rings (SSSR count). The Morgan fingerprint density at radius 1 is 1.38 bits per heavy atom. The first-order valence-corrected chi connectivity index (χ1v) is 6.14. The van der Waals surface area contributed by atoms with E-state index in [1.807, 2.05) is 20.8 Å². The molecule has 0 spiro atoms. The van der Waals surface area contributed by atoms with Gasteiger partial charge in [-0.25, -0.2) is 8.60 Å². The molecule has 0 heterocycles. The van der Waals surface area contributed by atoms with E-state index in [1.165, 1.54) is 6.21 Å². The van der Waals surface area contributed by atoms with Gasteiger partial charge < -0.3 is 0 Å². The monoisotopic (exact) mass is 241 g/mol. The SMILES string of the molecule is Cc1cccc(C=N[S@@](=O)C(C)(C)C)c1F. The molecular formula is C12H16FNOS. The fraction of sp³-hybridized carbons (Fsp3) is 0.417. The van der Waals surface area contributed by atoms with Crippen molar-refractivity contribution < 1.29 is 8.60 Å². The van der Waals surface area contributed by atoms with Crippen molar-refractivity contribution in [2.75, 3.05) is 0 Å². The molecule has 0 aromatic heterocycles. The normalized spacial score (nSPS) is 14.3. The molecule has 0 amide bonds. The first-order chi connectivity index (χ1) is 7.32. The van der Waals surface area contributed by atoms with E-state index in [2.05, 4.69) is 4.40 Å². The predicted molar refractivity (Wildman–Crippen MR) is 66.6 cm³/mol. The summed E-state index contributed by atoms with van der Waals surface area (Å²) in [4.78, 5) is 0. The molecule has 0 N–H and O–H groups in total. The molecular weight excluding hydrogens is 225 g/mol. The van der Waals surface area contributed by atoms with Gasteiger partial charge in [-0.2, -0.15) is 4.40 Å². The molecule has 1 atom stereocenters.